The van der Waals surface area contributed by atoms with Gasteiger partial charge in [0.05, 0.1) is 11.6 Å². The van der Waals surface area contributed by atoms with Crippen molar-refractivity contribution < 1.29 is 4.79 Å². The van der Waals surface area contributed by atoms with Crippen LogP contribution in [0.1, 0.15) is 29.5 Å². The molecule has 0 unspecified atom stereocenters. The molecule has 4 nitrogen and oxygen atoms in total. The van der Waals surface area contributed by atoms with E-state index in [1.54, 1.807) is 0 Å². The van der Waals surface area contributed by atoms with Crippen LogP contribution in [0, 0.1) is 0 Å². The molecule has 0 aliphatic rings. The summed E-state index contributed by atoms with van der Waals surface area (Å²) in [4.78, 5) is 12.9. The molecule has 3 aromatic carbocycles. The molecule has 0 aliphatic heterocycles. The molecule has 0 fully saturated rings. The second kappa shape index (κ2) is 8.12. The molecular formula is C22H21N3O. The first-order valence-corrected chi connectivity index (χ1v) is 8.45. The molecule has 0 aliphatic carbocycles. The third kappa shape index (κ3) is 4.16. The highest BCUT2D eigenvalue weighted by Gasteiger charge is 2.22. The lowest BCUT2D eigenvalue weighted by molar-refractivity contribution is -0.121. The summed E-state index contributed by atoms with van der Waals surface area (Å²) in [6.07, 6.45) is 0. The quantitative estimate of drug-likeness (QED) is 0.418. The number of nitrogens with two attached hydrogens (primary N) is 1. The Morgan fingerprint density at radius 1 is 0.846 bits per heavy atom. The lowest BCUT2D eigenvalue weighted by atomic mass is 9.91. The molecule has 0 saturated carbocycles. The maximum absolute atomic E-state index is 12.9. The molecule has 0 aromatic heterocycles. The van der Waals surface area contributed by atoms with Gasteiger partial charge in [0.15, 0.2) is 0 Å². The van der Waals surface area contributed by atoms with E-state index in [0.717, 1.165) is 22.4 Å². The van der Waals surface area contributed by atoms with Gasteiger partial charge >= 0.3 is 0 Å². The summed E-state index contributed by atoms with van der Waals surface area (Å²) in [5.41, 5.74) is 12.6. The summed E-state index contributed by atoms with van der Waals surface area (Å²) in [6.45, 7) is 1.85. The molecule has 0 bridgehead atoms. The molecule has 3 rings (SSSR count). The summed E-state index contributed by atoms with van der Waals surface area (Å²) in [6, 6.07) is 26.8. The van der Waals surface area contributed by atoms with Crippen LogP contribution in [0.15, 0.2) is 90.0 Å². The number of benzene rings is 3. The van der Waals surface area contributed by atoms with E-state index in [0.29, 0.717) is 5.69 Å². The number of rotatable bonds is 5. The number of carbonyl (C=O) groups excluding carboxylic acids is 1. The van der Waals surface area contributed by atoms with Crippen LogP contribution in [0.5, 0.6) is 0 Å². The number of anilines is 1. The summed E-state index contributed by atoms with van der Waals surface area (Å²) < 4.78 is 0. The largest absolute Gasteiger partial charge is 0.399 e. The second-order valence-electron chi connectivity index (χ2n) is 6.05. The van der Waals surface area contributed by atoms with E-state index in [9.17, 15) is 4.79 Å². The maximum atomic E-state index is 12.9. The van der Waals surface area contributed by atoms with Gasteiger partial charge in [-0.1, -0.05) is 72.8 Å². The number of hydrogen-bond donors (Lipinski definition) is 2. The topological polar surface area (TPSA) is 67.5 Å². The van der Waals surface area contributed by atoms with Crippen molar-refractivity contribution in [1.29, 1.82) is 0 Å². The Balaban J connectivity index is 1.84. The molecule has 0 radical (unpaired) electrons. The molecule has 26 heavy (non-hydrogen) atoms. The molecule has 3 N–H and O–H groups in total. The molecule has 0 heterocycles. The van der Waals surface area contributed by atoms with Gasteiger partial charge in [-0.15, -0.1) is 0 Å². The standard InChI is InChI=1S/C22H21N3O/c1-16(17-12-14-20(23)15-13-17)24-25-22(26)21(18-8-4-2-5-9-18)19-10-6-3-7-11-19/h2-15,21H,23H2,1H3,(H,25,26). The van der Waals surface area contributed by atoms with Gasteiger partial charge in [0.25, 0.3) is 5.91 Å². The van der Waals surface area contributed by atoms with Crippen molar-refractivity contribution in [1.82, 2.24) is 5.43 Å². The van der Waals surface area contributed by atoms with E-state index in [1.807, 2.05) is 91.9 Å². The number of carbonyl (C=O) groups is 1. The first-order valence-electron chi connectivity index (χ1n) is 8.45. The Labute approximate surface area is 153 Å². The monoisotopic (exact) mass is 343 g/mol. The smallest absolute Gasteiger partial charge is 0.252 e. The Bertz CT molecular complexity index is 848. The van der Waals surface area contributed by atoms with Gasteiger partial charge in [-0.2, -0.15) is 5.10 Å². The van der Waals surface area contributed by atoms with E-state index in [4.69, 9.17) is 5.73 Å². The van der Waals surface area contributed by atoms with Crippen LogP contribution >= 0.6 is 0 Å². The van der Waals surface area contributed by atoms with Crippen molar-refractivity contribution in [2.24, 2.45) is 5.10 Å². The zero-order chi connectivity index (χ0) is 18.4. The molecule has 0 spiro atoms. The van der Waals surface area contributed by atoms with Crippen LogP contribution in [0.25, 0.3) is 0 Å². The number of nitrogens with one attached hydrogen (secondary N) is 1. The van der Waals surface area contributed by atoms with Crippen molar-refractivity contribution >= 4 is 17.3 Å². The van der Waals surface area contributed by atoms with E-state index < -0.39 is 5.92 Å². The van der Waals surface area contributed by atoms with Gasteiger partial charge in [-0.25, -0.2) is 5.43 Å². The highest BCUT2D eigenvalue weighted by molar-refractivity contribution is 6.00. The van der Waals surface area contributed by atoms with Gasteiger partial charge in [0.1, 0.15) is 0 Å². The van der Waals surface area contributed by atoms with Crippen molar-refractivity contribution in [3.8, 4) is 0 Å². The minimum atomic E-state index is -0.416. The zero-order valence-electron chi connectivity index (χ0n) is 14.6. The summed E-state index contributed by atoms with van der Waals surface area (Å²) >= 11 is 0. The molecule has 130 valence electrons. The molecule has 0 atom stereocenters. The summed E-state index contributed by atoms with van der Waals surface area (Å²) in [7, 11) is 0. The Morgan fingerprint density at radius 2 is 1.35 bits per heavy atom. The second-order valence-corrected chi connectivity index (χ2v) is 6.05. The van der Waals surface area contributed by atoms with Crippen LogP contribution in [-0.2, 0) is 4.79 Å². The van der Waals surface area contributed by atoms with E-state index in [-0.39, 0.29) is 5.91 Å². The average molecular weight is 343 g/mol. The summed E-state index contributed by atoms with van der Waals surface area (Å²) in [5.74, 6) is -0.586. The third-order valence-electron chi connectivity index (χ3n) is 4.19. The van der Waals surface area contributed by atoms with E-state index >= 15 is 0 Å². The number of amides is 1. The SMILES string of the molecule is CC(=NNC(=O)C(c1ccccc1)c1ccccc1)c1ccc(N)cc1. The first-order chi connectivity index (χ1) is 12.6. The highest BCUT2D eigenvalue weighted by atomic mass is 16.2. The number of hydrogen-bond acceptors (Lipinski definition) is 3. The fourth-order valence-corrected chi connectivity index (χ4v) is 2.78. The fraction of sp³-hybridized carbons (Fsp3) is 0.0909. The van der Waals surface area contributed by atoms with Crippen LogP contribution in [0.2, 0.25) is 0 Å². The third-order valence-corrected chi connectivity index (χ3v) is 4.19. The normalized spacial score (nSPS) is 11.4. The molecule has 0 saturated heterocycles. The zero-order valence-corrected chi connectivity index (χ0v) is 14.6. The van der Waals surface area contributed by atoms with E-state index in [2.05, 4.69) is 10.5 Å². The van der Waals surface area contributed by atoms with Crippen molar-refractivity contribution in [3.63, 3.8) is 0 Å². The predicted molar refractivity (Wildman–Crippen MR) is 106 cm³/mol. The van der Waals surface area contributed by atoms with E-state index in [1.165, 1.54) is 0 Å². The minimum absolute atomic E-state index is 0.169. The summed E-state index contributed by atoms with van der Waals surface area (Å²) in [5, 5.41) is 4.27. The number of hydrazone groups is 1. The Hall–Kier alpha value is -3.40. The molecule has 4 heteroatoms. The van der Waals surface area contributed by atoms with Gasteiger partial charge in [0, 0.05) is 5.69 Å². The maximum Gasteiger partial charge on any atom is 0.252 e. The van der Waals surface area contributed by atoms with Gasteiger partial charge in [0.2, 0.25) is 0 Å². The van der Waals surface area contributed by atoms with Gasteiger partial charge < -0.3 is 5.73 Å². The fourth-order valence-electron chi connectivity index (χ4n) is 2.78. The van der Waals surface area contributed by atoms with Crippen molar-refractivity contribution in [2.75, 3.05) is 5.73 Å². The van der Waals surface area contributed by atoms with Crippen LogP contribution < -0.4 is 11.2 Å². The van der Waals surface area contributed by atoms with Gasteiger partial charge in [-0.05, 0) is 35.7 Å². The molecule has 1 amide bonds. The van der Waals surface area contributed by atoms with Crippen molar-refractivity contribution in [3.05, 3.63) is 102 Å². The first kappa shape index (κ1) is 17.4. The highest BCUT2D eigenvalue weighted by Crippen LogP contribution is 2.24. The number of nitrogen functional groups attached to an aromatic ring is 1. The van der Waals surface area contributed by atoms with Crippen LogP contribution in [0.3, 0.4) is 0 Å². The molecular weight excluding hydrogens is 322 g/mol. The van der Waals surface area contributed by atoms with Crippen molar-refractivity contribution in [2.45, 2.75) is 12.8 Å². The Kier molecular flexibility index (Phi) is 5.44. The average Bonchev–Trinajstić information content (AvgIpc) is 2.68. The molecule has 3 aromatic rings. The Morgan fingerprint density at radius 3 is 1.85 bits per heavy atom. The lowest BCUT2D eigenvalue weighted by Crippen LogP contribution is -2.27. The van der Waals surface area contributed by atoms with Crippen LogP contribution in [-0.4, -0.2) is 11.6 Å². The predicted octanol–water partition coefficient (Wildman–Crippen LogP) is 3.94. The minimum Gasteiger partial charge on any atom is -0.399 e. The number of nitrogens with zero attached hydrogens (tertiary/aromatic N) is 1. The van der Waals surface area contributed by atoms with Crippen LogP contribution in [0.4, 0.5) is 5.69 Å². The lowest BCUT2D eigenvalue weighted by Gasteiger charge is -2.16. The van der Waals surface area contributed by atoms with Gasteiger partial charge in [-0.3, -0.25) is 4.79 Å².